The van der Waals surface area contributed by atoms with E-state index in [1.165, 1.54) is 23.8 Å². The van der Waals surface area contributed by atoms with E-state index in [-0.39, 0.29) is 11.5 Å². The predicted molar refractivity (Wildman–Crippen MR) is 112 cm³/mol. The van der Waals surface area contributed by atoms with E-state index in [1.807, 2.05) is 18.2 Å². The molecule has 0 aliphatic heterocycles. The molecule has 0 saturated heterocycles. The standard InChI is InChI=1S/C25H30F2N2/c1-19(2)29(17-20-9-4-3-5-10-20)16-8-15-25(18-28,21-11-6-12-21)24-22(26)13-7-14-23(24)27/h3-5,7,9-10,13-14,19,21H,6,8,11-12,15-17H2,1-2H3. The highest BCUT2D eigenvalue weighted by Crippen LogP contribution is 2.48. The molecule has 0 aromatic heterocycles. The highest BCUT2D eigenvalue weighted by molar-refractivity contribution is 5.37. The van der Waals surface area contributed by atoms with Gasteiger partial charge in [-0.15, -0.1) is 0 Å². The molecule has 0 radical (unpaired) electrons. The topological polar surface area (TPSA) is 27.0 Å². The lowest BCUT2D eigenvalue weighted by Crippen LogP contribution is -2.41. The number of rotatable bonds is 9. The molecule has 2 aromatic carbocycles. The molecule has 4 heteroatoms. The van der Waals surface area contributed by atoms with E-state index in [0.717, 1.165) is 38.8 Å². The molecule has 0 N–H and O–H groups in total. The first-order valence-corrected chi connectivity index (χ1v) is 10.6. The molecule has 1 atom stereocenters. The third kappa shape index (κ3) is 4.67. The van der Waals surface area contributed by atoms with Crippen LogP contribution in [0.1, 0.15) is 57.1 Å². The number of hydrogen-bond acceptors (Lipinski definition) is 2. The van der Waals surface area contributed by atoms with E-state index >= 15 is 0 Å². The molecule has 1 saturated carbocycles. The van der Waals surface area contributed by atoms with Gasteiger partial charge in [0.1, 0.15) is 11.6 Å². The molecule has 0 spiro atoms. The summed E-state index contributed by atoms with van der Waals surface area (Å²) in [7, 11) is 0. The molecular formula is C25H30F2N2. The number of halogens is 2. The Morgan fingerprint density at radius 1 is 1.07 bits per heavy atom. The normalized spacial score (nSPS) is 16.4. The van der Waals surface area contributed by atoms with E-state index in [9.17, 15) is 14.0 Å². The van der Waals surface area contributed by atoms with Crippen molar-refractivity contribution in [3.05, 3.63) is 71.3 Å². The van der Waals surface area contributed by atoms with Crippen molar-refractivity contribution in [2.75, 3.05) is 6.54 Å². The highest BCUT2D eigenvalue weighted by atomic mass is 19.1. The minimum atomic E-state index is -1.08. The maximum atomic E-state index is 14.7. The van der Waals surface area contributed by atoms with Crippen LogP contribution in [-0.2, 0) is 12.0 Å². The van der Waals surface area contributed by atoms with Crippen LogP contribution >= 0.6 is 0 Å². The Hall–Kier alpha value is -2.25. The zero-order valence-corrected chi connectivity index (χ0v) is 17.4. The Balaban J connectivity index is 1.77. The zero-order chi connectivity index (χ0) is 20.9. The maximum absolute atomic E-state index is 14.7. The van der Waals surface area contributed by atoms with Crippen LogP contribution in [-0.4, -0.2) is 17.5 Å². The van der Waals surface area contributed by atoms with Gasteiger partial charge in [-0.1, -0.05) is 42.8 Å². The number of benzene rings is 2. The monoisotopic (exact) mass is 396 g/mol. The molecule has 1 aliphatic carbocycles. The summed E-state index contributed by atoms with van der Waals surface area (Å²) in [5.41, 5.74) is 0.140. The van der Waals surface area contributed by atoms with Crippen LogP contribution in [0.2, 0.25) is 0 Å². The fourth-order valence-electron chi connectivity index (χ4n) is 4.46. The van der Waals surface area contributed by atoms with Crippen LogP contribution in [0.15, 0.2) is 48.5 Å². The van der Waals surface area contributed by atoms with Crippen LogP contribution in [0.4, 0.5) is 8.78 Å². The molecule has 154 valence electrons. The Bertz CT molecular complexity index is 819. The van der Waals surface area contributed by atoms with Gasteiger partial charge >= 0.3 is 0 Å². The average Bonchev–Trinajstić information content (AvgIpc) is 2.66. The van der Waals surface area contributed by atoms with Crippen molar-refractivity contribution < 1.29 is 8.78 Å². The molecule has 2 nitrogen and oxygen atoms in total. The number of nitriles is 1. The summed E-state index contributed by atoms with van der Waals surface area (Å²) in [6, 6.07) is 16.9. The van der Waals surface area contributed by atoms with Crippen molar-refractivity contribution in [1.29, 1.82) is 5.26 Å². The Morgan fingerprint density at radius 3 is 2.24 bits per heavy atom. The van der Waals surface area contributed by atoms with Crippen LogP contribution in [0, 0.1) is 28.9 Å². The maximum Gasteiger partial charge on any atom is 0.130 e. The first-order chi connectivity index (χ1) is 14.0. The van der Waals surface area contributed by atoms with Crippen molar-refractivity contribution in [2.24, 2.45) is 5.92 Å². The summed E-state index contributed by atoms with van der Waals surface area (Å²) < 4.78 is 29.3. The van der Waals surface area contributed by atoms with Crippen molar-refractivity contribution in [1.82, 2.24) is 4.90 Å². The van der Waals surface area contributed by atoms with Crippen molar-refractivity contribution >= 4 is 0 Å². The molecule has 1 unspecified atom stereocenters. The Morgan fingerprint density at radius 2 is 1.72 bits per heavy atom. The number of nitrogens with zero attached hydrogens (tertiary/aromatic N) is 2. The van der Waals surface area contributed by atoms with Crippen LogP contribution in [0.3, 0.4) is 0 Å². The second-order valence-corrected chi connectivity index (χ2v) is 8.46. The summed E-state index contributed by atoms with van der Waals surface area (Å²) in [6.07, 6.45) is 3.95. The lowest BCUT2D eigenvalue weighted by atomic mass is 9.60. The van der Waals surface area contributed by atoms with E-state index < -0.39 is 17.0 Å². The second-order valence-electron chi connectivity index (χ2n) is 8.46. The molecular weight excluding hydrogens is 366 g/mol. The summed E-state index contributed by atoms with van der Waals surface area (Å²) in [4.78, 5) is 2.36. The van der Waals surface area contributed by atoms with E-state index in [1.54, 1.807) is 0 Å². The quantitative estimate of drug-likeness (QED) is 0.503. The van der Waals surface area contributed by atoms with Crippen LogP contribution < -0.4 is 0 Å². The van der Waals surface area contributed by atoms with Gasteiger partial charge in [-0.3, -0.25) is 4.90 Å². The van der Waals surface area contributed by atoms with Gasteiger partial charge in [0.05, 0.1) is 11.5 Å². The van der Waals surface area contributed by atoms with Gasteiger partial charge in [0.15, 0.2) is 0 Å². The van der Waals surface area contributed by atoms with Crippen molar-refractivity contribution in [2.45, 2.75) is 64.0 Å². The fourth-order valence-corrected chi connectivity index (χ4v) is 4.46. The molecule has 1 fully saturated rings. The molecule has 0 bridgehead atoms. The van der Waals surface area contributed by atoms with Gasteiger partial charge in [0.2, 0.25) is 0 Å². The second kappa shape index (κ2) is 9.50. The lowest BCUT2D eigenvalue weighted by Gasteiger charge is -2.41. The summed E-state index contributed by atoms with van der Waals surface area (Å²) >= 11 is 0. The van der Waals surface area contributed by atoms with Crippen molar-refractivity contribution in [3.63, 3.8) is 0 Å². The first kappa shape index (κ1) is 21.5. The third-order valence-electron chi connectivity index (χ3n) is 6.39. The summed E-state index contributed by atoms with van der Waals surface area (Å²) in [5, 5.41) is 10.1. The van der Waals surface area contributed by atoms with Crippen molar-refractivity contribution in [3.8, 4) is 6.07 Å². The van der Waals surface area contributed by atoms with E-state index in [2.05, 4.69) is 36.9 Å². The molecule has 29 heavy (non-hydrogen) atoms. The van der Waals surface area contributed by atoms with Gasteiger partial charge in [-0.2, -0.15) is 5.26 Å². The molecule has 0 heterocycles. The van der Waals surface area contributed by atoms with Crippen LogP contribution in [0.25, 0.3) is 0 Å². The minimum Gasteiger partial charge on any atom is -0.297 e. The first-order valence-electron chi connectivity index (χ1n) is 10.6. The van der Waals surface area contributed by atoms with E-state index in [0.29, 0.717) is 12.5 Å². The third-order valence-corrected chi connectivity index (χ3v) is 6.39. The van der Waals surface area contributed by atoms with Gasteiger partial charge in [-0.05, 0) is 69.7 Å². The Labute approximate surface area is 173 Å². The molecule has 0 amide bonds. The molecule has 3 rings (SSSR count). The zero-order valence-electron chi connectivity index (χ0n) is 17.4. The smallest absolute Gasteiger partial charge is 0.130 e. The van der Waals surface area contributed by atoms with E-state index in [4.69, 9.17) is 0 Å². The average molecular weight is 397 g/mol. The summed E-state index contributed by atoms with van der Waals surface area (Å²) in [5.74, 6) is -1.16. The SMILES string of the molecule is CC(C)N(CCCC(C#N)(c1c(F)cccc1F)C1CCC1)Cc1ccccc1. The van der Waals surface area contributed by atoms with Gasteiger partial charge < -0.3 is 0 Å². The Kier molecular flexibility index (Phi) is 7.03. The van der Waals surface area contributed by atoms with Gasteiger partial charge in [-0.25, -0.2) is 8.78 Å². The van der Waals surface area contributed by atoms with Gasteiger partial charge in [0, 0.05) is 18.2 Å². The number of hydrogen-bond donors (Lipinski definition) is 0. The fraction of sp³-hybridized carbons (Fsp3) is 0.480. The van der Waals surface area contributed by atoms with Gasteiger partial charge in [0.25, 0.3) is 0 Å². The molecule has 1 aliphatic rings. The minimum absolute atomic E-state index is 0.0219. The van der Waals surface area contributed by atoms with Crippen LogP contribution in [0.5, 0.6) is 0 Å². The summed E-state index contributed by atoms with van der Waals surface area (Å²) in [6.45, 7) is 5.93. The predicted octanol–water partition coefficient (Wildman–Crippen LogP) is 6.22. The largest absolute Gasteiger partial charge is 0.297 e. The lowest BCUT2D eigenvalue weighted by molar-refractivity contribution is 0.164. The highest BCUT2D eigenvalue weighted by Gasteiger charge is 2.46. The molecule has 2 aromatic rings.